The smallest absolute Gasteiger partial charge is 0.0363 e. The fourth-order valence-electron chi connectivity index (χ4n) is 1.25. The lowest BCUT2D eigenvalue weighted by molar-refractivity contribution is 0.469. The van der Waals surface area contributed by atoms with Gasteiger partial charge in [0.15, 0.2) is 0 Å². The van der Waals surface area contributed by atoms with Crippen molar-refractivity contribution in [3.05, 3.63) is 36.1 Å². The third-order valence-electron chi connectivity index (χ3n) is 1.97. The first kappa shape index (κ1) is 20.3. The van der Waals surface area contributed by atoms with Gasteiger partial charge in [0.25, 0.3) is 0 Å². The highest BCUT2D eigenvalue weighted by Crippen LogP contribution is 2.09. The highest BCUT2D eigenvalue weighted by Gasteiger charge is 1.98. The molecule has 0 spiro atoms. The normalized spacial score (nSPS) is 12.7. The Morgan fingerprint density at radius 2 is 1.79 bits per heavy atom. The summed E-state index contributed by atoms with van der Waals surface area (Å²) in [5.74, 6) is 0. The summed E-state index contributed by atoms with van der Waals surface area (Å²) in [4.78, 5) is 0. The van der Waals surface area contributed by atoms with Gasteiger partial charge < -0.3 is 5.32 Å². The molecule has 0 unspecified atom stereocenters. The molecule has 112 valence electrons. The minimum atomic E-state index is 0.500. The molecular weight excluding hydrogens is 230 g/mol. The second kappa shape index (κ2) is 12.1. The number of hydrogen-bond donors (Lipinski definition) is 1. The Hall–Kier alpha value is -0.980. The summed E-state index contributed by atoms with van der Waals surface area (Å²) < 4.78 is 0. The van der Waals surface area contributed by atoms with Gasteiger partial charge in [-0.05, 0) is 23.8 Å². The average molecular weight is 265 g/mol. The summed E-state index contributed by atoms with van der Waals surface area (Å²) in [6.45, 7) is 19.8. The van der Waals surface area contributed by atoms with Crippen molar-refractivity contribution in [2.45, 2.75) is 67.7 Å². The first-order chi connectivity index (χ1) is 8.83. The van der Waals surface area contributed by atoms with Crippen molar-refractivity contribution >= 4 is 0 Å². The van der Waals surface area contributed by atoms with E-state index in [1.807, 2.05) is 13.8 Å². The van der Waals surface area contributed by atoms with Gasteiger partial charge in [0.2, 0.25) is 0 Å². The molecular formula is C18H35N. The zero-order chi connectivity index (χ0) is 15.3. The maximum absolute atomic E-state index is 3.95. The van der Waals surface area contributed by atoms with Crippen molar-refractivity contribution in [1.29, 1.82) is 0 Å². The molecule has 1 rings (SSSR count). The number of rotatable bonds is 5. The van der Waals surface area contributed by atoms with Gasteiger partial charge in [-0.25, -0.2) is 0 Å². The molecule has 0 saturated carbocycles. The van der Waals surface area contributed by atoms with Crippen LogP contribution in [0.1, 0.15) is 67.7 Å². The van der Waals surface area contributed by atoms with Crippen LogP contribution in [0.5, 0.6) is 0 Å². The van der Waals surface area contributed by atoms with Gasteiger partial charge in [0.1, 0.15) is 0 Å². The molecule has 1 aliphatic carbocycles. The van der Waals surface area contributed by atoms with Gasteiger partial charge in [0, 0.05) is 12.2 Å². The number of hydrogen-bond acceptors (Lipinski definition) is 1. The third kappa shape index (κ3) is 19.5. The van der Waals surface area contributed by atoms with E-state index in [0.717, 1.165) is 25.1 Å². The van der Waals surface area contributed by atoms with Crippen LogP contribution in [0.15, 0.2) is 36.1 Å². The topological polar surface area (TPSA) is 12.0 Å². The summed E-state index contributed by atoms with van der Waals surface area (Å²) in [5.41, 5.74) is 3.11. The quantitative estimate of drug-likeness (QED) is 0.657. The molecule has 1 N–H and O–H groups in total. The third-order valence-corrected chi connectivity index (χ3v) is 1.97. The Balaban J connectivity index is 0. The van der Waals surface area contributed by atoms with Crippen molar-refractivity contribution in [2.75, 3.05) is 6.54 Å². The minimum absolute atomic E-state index is 0.500. The van der Waals surface area contributed by atoms with E-state index in [-0.39, 0.29) is 0 Å². The molecule has 0 saturated heterocycles. The van der Waals surface area contributed by atoms with E-state index in [1.165, 1.54) is 12.0 Å². The Labute approximate surface area is 121 Å². The van der Waals surface area contributed by atoms with Gasteiger partial charge in [-0.1, -0.05) is 79.7 Å². The largest absolute Gasteiger partial charge is 0.385 e. The first-order valence-corrected chi connectivity index (χ1v) is 7.59. The Morgan fingerprint density at radius 1 is 1.26 bits per heavy atom. The summed E-state index contributed by atoms with van der Waals surface area (Å²) >= 11 is 0. The fraction of sp³-hybridized carbons (Fsp3) is 0.667. The lowest BCUT2D eigenvalue weighted by atomic mass is 10.0. The Kier molecular flexibility index (Phi) is 12.9. The molecule has 0 aliphatic heterocycles. The first-order valence-electron chi connectivity index (χ1n) is 7.59. The lowest BCUT2D eigenvalue weighted by Crippen LogP contribution is -2.15. The van der Waals surface area contributed by atoms with Gasteiger partial charge in [-0.15, -0.1) is 0 Å². The van der Waals surface area contributed by atoms with Crippen molar-refractivity contribution in [3.63, 3.8) is 0 Å². The molecule has 0 aromatic rings. The molecule has 0 atom stereocenters. The average Bonchev–Trinajstić information content (AvgIpc) is 2.80. The molecule has 0 aromatic carbocycles. The highest BCUT2D eigenvalue weighted by molar-refractivity contribution is 5.24. The number of nitrogens with one attached hydrogen (secondary N) is 1. The van der Waals surface area contributed by atoms with E-state index in [9.17, 15) is 0 Å². The van der Waals surface area contributed by atoms with Crippen LogP contribution in [-0.4, -0.2) is 6.54 Å². The van der Waals surface area contributed by atoms with E-state index >= 15 is 0 Å². The maximum atomic E-state index is 3.95. The van der Waals surface area contributed by atoms with Crippen molar-refractivity contribution in [1.82, 2.24) is 5.32 Å². The number of allylic oxidation sites excluding steroid dienone is 4. The van der Waals surface area contributed by atoms with Crippen LogP contribution in [0.3, 0.4) is 0 Å². The Bertz CT molecular complexity index is 271. The Morgan fingerprint density at radius 3 is 2.16 bits per heavy atom. The van der Waals surface area contributed by atoms with Crippen LogP contribution in [0, 0.1) is 5.41 Å². The van der Waals surface area contributed by atoms with Gasteiger partial charge in [0.05, 0.1) is 0 Å². The van der Waals surface area contributed by atoms with Gasteiger partial charge >= 0.3 is 0 Å². The molecule has 0 amide bonds. The summed E-state index contributed by atoms with van der Waals surface area (Å²) in [6, 6.07) is 0. The minimum Gasteiger partial charge on any atom is -0.385 e. The van der Waals surface area contributed by atoms with Crippen LogP contribution in [-0.2, 0) is 0 Å². The second-order valence-corrected chi connectivity index (χ2v) is 6.16. The van der Waals surface area contributed by atoms with E-state index in [2.05, 4.69) is 64.7 Å². The lowest BCUT2D eigenvalue weighted by Gasteiger charge is -2.08. The van der Waals surface area contributed by atoms with E-state index in [0.29, 0.717) is 5.41 Å². The molecule has 0 aromatic heterocycles. The molecule has 1 heteroatoms. The predicted octanol–water partition coefficient (Wildman–Crippen LogP) is 5.85. The summed E-state index contributed by atoms with van der Waals surface area (Å²) in [5, 5.41) is 3.32. The molecule has 19 heavy (non-hydrogen) atoms. The molecule has 0 radical (unpaired) electrons. The zero-order valence-corrected chi connectivity index (χ0v) is 14.3. The molecule has 0 bridgehead atoms. The van der Waals surface area contributed by atoms with Gasteiger partial charge in [-0.2, -0.15) is 0 Å². The second-order valence-electron chi connectivity index (χ2n) is 6.16. The van der Waals surface area contributed by atoms with E-state index in [4.69, 9.17) is 0 Å². The van der Waals surface area contributed by atoms with Crippen LogP contribution >= 0.6 is 0 Å². The summed E-state index contributed by atoms with van der Waals surface area (Å²) in [6.07, 6.45) is 9.82. The van der Waals surface area contributed by atoms with Crippen LogP contribution in [0.25, 0.3) is 0 Å². The molecule has 1 aliphatic rings. The predicted molar refractivity (Wildman–Crippen MR) is 90.4 cm³/mol. The zero-order valence-electron chi connectivity index (χ0n) is 14.3. The van der Waals surface area contributed by atoms with Crippen LogP contribution in [0.2, 0.25) is 0 Å². The molecule has 0 heterocycles. The maximum Gasteiger partial charge on any atom is 0.0363 e. The molecule has 0 fully saturated rings. The van der Waals surface area contributed by atoms with Crippen LogP contribution < -0.4 is 5.32 Å². The van der Waals surface area contributed by atoms with Gasteiger partial charge in [-0.3, -0.25) is 0 Å². The summed E-state index contributed by atoms with van der Waals surface area (Å²) in [7, 11) is 0. The standard InChI is InChI=1S/C11H17N.C5H12.C2H6/c1-3-6-10(2)12-9-11-7-4-5-8-11;1-5(2,3)4;1-2/h4-5,7,12H,2-3,6,8-9H2,1H3;1-4H3;1-2H3. The fourth-order valence-corrected chi connectivity index (χ4v) is 1.25. The van der Waals surface area contributed by atoms with E-state index in [1.54, 1.807) is 0 Å². The van der Waals surface area contributed by atoms with Crippen molar-refractivity contribution < 1.29 is 0 Å². The van der Waals surface area contributed by atoms with E-state index < -0.39 is 0 Å². The van der Waals surface area contributed by atoms with Crippen molar-refractivity contribution in [2.24, 2.45) is 5.41 Å². The SMILES string of the molecule is C=C(CCC)NCC1=CC=CC1.CC.CC(C)(C)C. The van der Waals surface area contributed by atoms with Crippen LogP contribution in [0.4, 0.5) is 0 Å². The monoisotopic (exact) mass is 265 g/mol. The van der Waals surface area contributed by atoms with Crippen molar-refractivity contribution in [3.8, 4) is 0 Å². The highest BCUT2D eigenvalue weighted by atomic mass is 14.9. The molecule has 1 nitrogen and oxygen atoms in total.